The van der Waals surface area contributed by atoms with Gasteiger partial charge in [-0.2, -0.15) is 0 Å². The summed E-state index contributed by atoms with van der Waals surface area (Å²) in [5, 5.41) is 13.8. The van der Waals surface area contributed by atoms with Crippen LogP contribution in [0, 0.1) is 0 Å². The maximum atomic E-state index is 12.4. The molecular weight excluding hydrogens is 464 g/mol. The zero-order chi connectivity index (χ0) is 18.3. The number of hydrogen-bond acceptors (Lipinski definition) is 4. The summed E-state index contributed by atoms with van der Waals surface area (Å²) in [6.45, 7) is 3.20. The Kier molecular flexibility index (Phi) is 8.61. The number of rotatable bonds is 6. The molecule has 1 heterocycles. The molecule has 0 aliphatic heterocycles. The fourth-order valence-corrected chi connectivity index (χ4v) is 2.12. The average molecular weight is 484 g/mol. The molecule has 0 aliphatic carbocycles. The number of nitrogens with one attached hydrogen (secondary N) is 2. The van der Waals surface area contributed by atoms with Crippen molar-refractivity contribution in [2.75, 3.05) is 7.05 Å². The van der Waals surface area contributed by atoms with Crippen LogP contribution >= 0.6 is 24.0 Å². The number of alkyl halides is 3. The van der Waals surface area contributed by atoms with Crippen LogP contribution in [0.25, 0.3) is 0 Å². The Morgan fingerprint density at radius 3 is 2.58 bits per heavy atom. The van der Waals surface area contributed by atoms with Crippen LogP contribution in [-0.2, 0) is 19.6 Å². The maximum absolute atomic E-state index is 12.4. The lowest BCUT2D eigenvalue weighted by Crippen LogP contribution is -2.37. The highest BCUT2D eigenvalue weighted by Crippen LogP contribution is 2.25. The molecule has 0 amide bonds. The molecule has 26 heavy (non-hydrogen) atoms. The topological polar surface area (TPSA) is 76.4 Å². The van der Waals surface area contributed by atoms with Crippen molar-refractivity contribution in [1.29, 1.82) is 0 Å². The molecule has 11 heteroatoms. The summed E-state index contributed by atoms with van der Waals surface area (Å²) >= 11 is 0. The summed E-state index contributed by atoms with van der Waals surface area (Å²) in [6.07, 6.45) is -3.11. The smallest absolute Gasteiger partial charge is 0.405 e. The van der Waals surface area contributed by atoms with Gasteiger partial charge in [-0.1, -0.05) is 18.2 Å². The van der Waals surface area contributed by atoms with E-state index in [1.165, 1.54) is 12.1 Å². The predicted octanol–water partition coefficient (Wildman–Crippen LogP) is 2.68. The lowest BCUT2D eigenvalue weighted by atomic mass is 10.2. The second kappa shape index (κ2) is 10.2. The molecule has 0 fully saturated rings. The molecule has 0 saturated carbocycles. The van der Waals surface area contributed by atoms with E-state index in [0.717, 1.165) is 12.4 Å². The van der Waals surface area contributed by atoms with Crippen molar-refractivity contribution in [3.63, 3.8) is 0 Å². The SMILES string of the molecule is CCn1cnnc1CNC(=NC)NCc1ccccc1OC(F)(F)F.I. The largest absolute Gasteiger partial charge is 0.573 e. The fourth-order valence-electron chi connectivity index (χ4n) is 2.12. The van der Waals surface area contributed by atoms with E-state index >= 15 is 0 Å². The first-order valence-corrected chi connectivity index (χ1v) is 7.57. The fraction of sp³-hybridized carbons (Fsp3) is 0.400. The molecular formula is C15H20F3IN6O. The first-order chi connectivity index (χ1) is 11.9. The minimum atomic E-state index is -4.74. The van der Waals surface area contributed by atoms with E-state index < -0.39 is 6.36 Å². The highest BCUT2D eigenvalue weighted by molar-refractivity contribution is 14.0. The van der Waals surface area contributed by atoms with E-state index in [-0.39, 0.29) is 36.3 Å². The van der Waals surface area contributed by atoms with Crippen LogP contribution < -0.4 is 15.4 Å². The van der Waals surface area contributed by atoms with Crippen LogP contribution in [0.2, 0.25) is 0 Å². The molecule has 2 rings (SSSR count). The normalized spacial score (nSPS) is 11.7. The number of aryl methyl sites for hydroxylation is 1. The minimum Gasteiger partial charge on any atom is -0.405 e. The monoisotopic (exact) mass is 484 g/mol. The van der Waals surface area contributed by atoms with Gasteiger partial charge >= 0.3 is 6.36 Å². The van der Waals surface area contributed by atoms with Crippen molar-refractivity contribution in [2.45, 2.75) is 32.9 Å². The van der Waals surface area contributed by atoms with E-state index in [4.69, 9.17) is 0 Å². The second-order valence-corrected chi connectivity index (χ2v) is 4.97. The summed E-state index contributed by atoms with van der Waals surface area (Å²) in [7, 11) is 1.57. The molecule has 1 aromatic heterocycles. The standard InChI is InChI=1S/C15H19F3N6O.HI/c1-3-24-10-22-23-13(24)9-21-14(19-2)20-8-11-6-4-5-7-12(11)25-15(16,17)18;/h4-7,10H,3,8-9H2,1-2H3,(H2,19,20,21);1H. The molecule has 0 bridgehead atoms. The summed E-state index contributed by atoms with van der Waals surface area (Å²) in [5.74, 6) is 0.905. The summed E-state index contributed by atoms with van der Waals surface area (Å²) < 4.78 is 43.2. The van der Waals surface area contributed by atoms with Gasteiger partial charge in [0.25, 0.3) is 0 Å². The van der Waals surface area contributed by atoms with Crippen molar-refractivity contribution in [3.05, 3.63) is 42.0 Å². The Hall–Kier alpha value is -2.05. The number of nitrogens with zero attached hydrogens (tertiary/aromatic N) is 4. The number of guanidine groups is 1. The maximum Gasteiger partial charge on any atom is 0.573 e. The highest BCUT2D eigenvalue weighted by Gasteiger charge is 2.31. The Bertz CT molecular complexity index is 719. The number of ether oxygens (including phenoxy) is 1. The number of aromatic nitrogens is 3. The van der Waals surface area contributed by atoms with E-state index in [2.05, 4.69) is 30.6 Å². The highest BCUT2D eigenvalue weighted by atomic mass is 127. The molecule has 2 N–H and O–H groups in total. The number of aliphatic imine (C=N–C) groups is 1. The third-order valence-electron chi connectivity index (χ3n) is 3.32. The summed E-state index contributed by atoms with van der Waals surface area (Å²) in [6, 6.07) is 5.94. The minimum absolute atomic E-state index is 0. The third-order valence-corrected chi connectivity index (χ3v) is 3.32. The number of halogens is 4. The lowest BCUT2D eigenvalue weighted by Gasteiger charge is -2.15. The zero-order valence-electron chi connectivity index (χ0n) is 14.2. The molecule has 144 valence electrons. The van der Waals surface area contributed by atoms with Gasteiger partial charge < -0.3 is 19.9 Å². The molecule has 0 spiro atoms. The van der Waals surface area contributed by atoms with Gasteiger partial charge in [0.05, 0.1) is 6.54 Å². The van der Waals surface area contributed by atoms with Gasteiger partial charge in [-0.3, -0.25) is 4.99 Å². The number of para-hydroxylation sites is 1. The molecule has 0 unspecified atom stereocenters. The predicted molar refractivity (Wildman–Crippen MR) is 101 cm³/mol. The van der Waals surface area contributed by atoms with E-state index in [0.29, 0.717) is 18.1 Å². The molecule has 7 nitrogen and oxygen atoms in total. The zero-order valence-corrected chi connectivity index (χ0v) is 16.6. The van der Waals surface area contributed by atoms with E-state index in [1.807, 2.05) is 11.5 Å². The Balaban J connectivity index is 0.00000338. The number of benzene rings is 1. The van der Waals surface area contributed by atoms with Gasteiger partial charge in [0.15, 0.2) is 11.8 Å². The van der Waals surface area contributed by atoms with E-state index in [9.17, 15) is 13.2 Å². The molecule has 0 aliphatic rings. The molecule has 1 aromatic carbocycles. The van der Waals surface area contributed by atoms with E-state index in [1.54, 1.807) is 25.5 Å². The van der Waals surface area contributed by atoms with Crippen molar-refractivity contribution in [3.8, 4) is 5.75 Å². The summed E-state index contributed by atoms with van der Waals surface area (Å²) in [5.41, 5.74) is 0.361. The second-order valence-electron chi connectivity index (χ2n) is 4.97. The number of hydrogen-bond donors (Lipinski definition) is 2. The van der Waals surface area contributed by atoms with Crippen molar-refractivity contribution >= 4 is 29.9 Å². The lowest BCUT2D eigenvalue weighted by molar-refractivity contribution is -0.274. The van der Waals surface area contributed by atoms with Gasteiger partial charge in [-0.05, 0) is 13.0 Å². The van der Waals surface area contributed by atoms with Crippen LogP contribution in [0.4, 0.5) is 13.2 Å². The first-order valence-electron chi connectivity index (χ1n) is 7.57. The Morgan fingerprint density at radius 2 is 1.92 bits per heavy atom. The van der Waals surface area contributed by atoms with Crippen LogP contribution in [-0.4, -0.2) is 34.1 Å². The quantitative estimate of drug-likeness (QED) is 0.375. The van der Waals surface area contributed by atoms with Crippen LogP contribution in [0.3, 0.4) is 0 Å². The van der Waals surface area contributed by atoms with Gasteiger partial charge in [0.2, 0.25) is 0 Å². The van der Waals surface area contributed by atoms with Crippen molar-refractivity contribution in [1.82, 2.24) is 25.4 Å². The Labute approximate surface area is 166 Å². The van der Waals surface area contributed by atoms with Crippen molar-refractivity contribution in [2.24, 2.45) is 4.99 Å². The first kappa shape index (κ1) is 22.0. The summed E-state index contributed by atoms with van der Waals surface area (Å²) in [4.78, 5) is 4.04. The van der Waals surface area contributed by atoms with Gasteiger partial charge in [0.1, 0.15) is 12.1 Å². The van der Waals surface area contributed by atoms with Crippen molar-refractivity contribution < 1.29 is 17.9 Å². The molecule has 0 saturated heterocycles. The molecule has 0 radical (unpaired) electrons. The van der Waals surface area contributed by atoms with Gasteiger partial charge in [-0.15, -0.1) is 47.3 Å². The Morgan fingerprint density at radius 1 is 1.23 bits per heavy atom. The average Bonchev–Trinajstić information content (AvgIpc) is 3.02. The molecule has 2 aromatic rings. The van der Waals surface area contributed by atoms with Gasteiger partial charge in [-0.25, -0.2) is 0 Å². The van der Waals surface area contributed by atoms with Crippen LogP contribution in [0.1, 0.15) is 18.3 Å². The van der Waals surface area contributed by atoms with Crippen LogP contribution in [0.15, 0.2) is 35.6 Å². The third kappa shape index (κ3) is 6.69. The van der Waals surface area contributed by atoms with Gasteiger partial charge in [0, 0.05) is 25.7 Å². The molecule has 0 atom stereocenters. The van der Waals surface area contributed by atoms with Crippen LogP contribution in [0.5, 0.6) is 5.75 Å².